The van der Waals surface area contributed by atoms with Crippen molar-refractivity contribution >= 4 is 21.9 Å². The van der Waals surface area contributed by atoms with Gasteiger partial charge in [0, 0.05) is 26.2 Å². The Balaban J connectivity index is 2.16. The number of ether oxygens (including phenoxy) is 1. The number of piperidine rings is 1. The summed E-state index contributed by atoms with van der Waals surface area (Å²) in [4.78, 5) is 26.1. The molecule has 1 aliphatic heterocycles. The van der Waals surface area contributed by atoms with E-state index in [1.807, 2.05) is 0 Å². The molecular weight excluding hydrogens is 399 g/mol. The van der Waals surface area contributed by atoms with Gasteiger partial charge >= 0.3 is 5.97 Å². The largest absolute Gasteiger partial charge is 0.449 e. The van der Waals surface area contributed by atoms with Gasteiger partial charge in [0.15, 0.2) is 6.10 Å². The minimum absolute atomic E-state index is 0.121. The van der Waals surface area contributed by atoms with Gasteiger partial charge in [0.2, 0.25) is 10.0 Å². The summed E-state index contributed by atoms with van der Waals surface area (Å²) in [6.45, 7) is 8.48. The minimum atomic E-state index is -4.08. The maximum absolute atomic E-state index is 14.2. The smallest absolute Gasteiger partial charge is 0.338 e. The van der Waals surface area contributed by atoms with E-state index in [1.54, 1.807) is 18.7 Å². The minimum Gasteiger partial charge on any atom is -0.449 e. The second-order valence-electron chi connectivity index (χ2n) is 7.29. The number of hydrogen-bond acceptors (Lipinski definition) is 5. The van der Waals surface area contributed by atoms with Crippen LogP contribution in [0.1, 0.15) is 50.9 Å². The molecule has 7 nitrogen and oxygen atoms in total. The van der Waals surface area contributed by atoms with Gasteiger partial charge in [-0.15, -0.1) is 0 Å². The highest BCUT2D eigenvalue weighted by atomic mass is 32.2. The fourth-order valence-electron chi connectivity index (χ4n) is 3.30. The molecule has 1 atom stereocenters. The Labute approximate surface area is 171 Å². The monoisotopic (exact) mass is 428 g/mol. The van der Waals surface area contributed by atoms with Gasteiger partial charge in [0.1, 0.15) is 10.7 Å². The highest BCUT2D eigenvalue weighted by Crippen LogP contribution is 2.22. The number of esters is 1. The van der Waals surface area contributed by atoms with Gasteiger partial charge < -0.3 is 9.64 Å². The van der Waals surface area contributed by atoms with Crippen LogP contribution in [-0.2, 0) is 19.6 Å². The van der Waals surface area contributed by atoms with Gasteiger partial charge in [-0.3, -0.25) is 4.79 Å². The molecule has 1 amide bonds. The van der Waals surface area contributed by atoms with Crippen LogP contribution in [0.4, 0.5) is 4.39 Å². The number of hydrogen-bond donors (Lipinski definition) is 0. The predicted molar refractivity (Wildman–Crippen MR) is 106 cm³/mol. The Morgan fingerprint density at radius 2 is 1.83 bits per heavy atom. The first-order valence-electron chi connectivity index (χ1n) is 9.91. The van der Waals surface area contributed by atoms with Crippen LogP contribution in [0, 0.1) is 11.7 Å². The van der Waals surface area contributed by atoms with Crippen molar-refractivity contribution in [3.63, 3.8) is 0 Å². The zero-order valence-electron chi connectivity index (χ0n) is 17.4. The van der Waals surface area contributed by atoms with Crippen LogP contribution in [0.2, 0.25) is 0 Å². The van der Waals surface area contributed by atoms with E-state index in [-0.39, 0.29) is 24.6 Å². The molecule has 1 aromatic rings. The number of sulfonamides is 1. The number of amides is 1. The Morgan fingerprint density at radius 1 is 1.24 bits per heavy atom. The normalized spacial score (nSPS) is 16.7. The molecule has 0 bridgehead atoms. The molecule has 162 valence electrons. The summed E-state index contributed by atoms with van der Waals surface area (Å²) in [6, 6.07) is 3.04. The quantitative estimate of drug-likeness (QED) is 0.624. The summed E-state index contributed by atoms with van der Waals surface area (Å²) >= 11 is 0. The zero-order chi connectivity index (χ0) is 21.8. The van der Waals surface area contributed by atoms with Crippen LogP contribution >= 0.6 is 0 Å². The van der Waals surface area contributed by atoms with Crippen LogP contribution in [0.15, 0.2) is 23.1 Å². The van der Waals surface area contributed by atoms with Crippen LogP contribution < -0.4 is 0 Å². The van der Waals surface area contributed by atoms with Gasteiger partial charge in [0.25, 0.3) is 5.91 Å². The molecule has 1 heterocycles. The SMILES string of the molecule is CCN(CC)S(=O)(=O)c1cc(C(=O)OC(C)C(=O)N2CCC(C)CC2)ccc1F. The Hall–Kier alpha value is -2.00. The predicted octanol–water partition coefficient (Wildman–Crippen LogP) is 2.66. The maximum atomic E-state index is 14.2. The Kier molecular flexibility index (Phi) is 7.76. The van der Waals surface area contributed by atoms with Gasteiger partial charge in [-0.05, 0) is 43.9 Å². The van der Waals surface area contributed by atoms with Crippen LogP contribution in [0.5, 0.6) is 0 Å². The number of benzene rings is 1. The third kappa shape index (κ3) is 5.33. The van der Waals surface area contributed by atoms with Crippen molar-refractivity contribution in [2.24, 2.45) is 5.92 Å². The molecule has 0 aromatic heterocycles. The standard InChI is InChI=1S/C20H29FN2O5S/c1-5-23(6-2)29(26,27)18-13-16(7-8-17(18)21)20(25)28-15(4)19(24)22-11-9-14(3)10-12-22/h7-8,13-15H,5-6,9-12H2,1-4H3. The summed E-state index contributed by atoms with van der Waals surface area (Å²) in [5.74, 6) is -1.54. The van der Waals surface area contributed by atoms with E-state index in [0.717, 1.165) is 35.3 Å². The second-order valence-corrected chi connectivity index (χ2v) is 9.20. The van der Waals surface area contributed by atoms with Crippen molar-refractivity contribution in [2.45, 2.75) is 51.5 Å². The number of carbonyl (C=O) groups excluding carboxylic acids is 2. The lowest BCUT2D eigenvalue weighted by atomic mass is 9.99. The van der Waals surface area contributed by atoms with E-state index >= 15 is 0 Å². The van der Waals surface area contributed by atoms with Crippen molar-refractivity contribution < 1.29 is 27.1 Å². The van der Waals surface area contributed by atoms with Crippen molar-refractivity contribution in [3.05, 3.63) is 29.6 Å². The van der Waals surface area contributed by atoms with E-state index in [4.69, 9.17) is 4.74 Å². The van der Waals surface area contributed by atoms with E-state index in [2.05, 4.69) is 6.92 Å². The van der Waals surface area contributed by atoms with E-state index in [1.165, 1.54) is 6.92 Å². The number of likely N-dealkylation sites (tertiary alicyclic amines) is 1. The molecule has 0 radical (unpaired) electrons. The number of halogens is 1. The lowest BCUT2D eigenvalue weighted by Gasteiger charge is -2.31. The average Bonchev–Trinajstić information content (AvgIpc) is 2.68. The lowest BCUT2D eigenvalue weighted by molar-refractivity contribution is -0.141. The molecule has 0 saturated carbocycles. The van der Waals surface area contributed by atoms with Gasteiger partial charge in [-0.1, -0.05) is 20.8 Å². The average molecular weight is 429 g/mol. The van der Waals surface area contributed by atoms with Crippen molar-refractivity contribution in [2.75, 3.05) is 26.2 Å². The van der Waals surface area contributed by atoms with Crippen molar-refractivity contribution in [3.8, 4) is 0 Å². The van der Waals surface area contributed by atoms with Gasteiger partial charge in [-0.25, -0.2) is 17.6 Å². The zero-order valence-corrected chi connectivity index (χ0v) is 18.2. The summed E-state index contributed by atoms with van der Waals surface area (Å²) < 4.78 is 45.8. The van der Waals surface area contributed by atoms with E-state index in [9.17, 15) is 22.4 Å². The van der Waals surface area contributed by atoms with Crippen LogP contribution in [0.3, 0.4) is 0 Å². The van der Waals surface area contributed by atoms with Crippen molar-refractivity contribution in [1.82, 2.24) is 9.21 Å². The number of rotatable bonds is 7. The summed E-state index contributed by atoms with van der Waals surface area (Å²) in [5.41, 5.74) is -0.121. The highest BCUT2D eigenvalue weighted by Gasteiger charge is 2.29. The molecule has 2 rings (SSSR count). The van der Waals surface area contributed by atoms with E-state index < -0.39 is 32.8 Å². The van der Waals surface area contributed by atoms with Crippen molar-refractivity contribution in [1.29, 1.82) is 0 Å². The fraction of sp³-hybridized carbons (Fsp3) is 0.600. The molecule has 1 unspecified atom stereocenters. The van der Waals surface area contributed by atoms with Gasteiger partial charge in [-0.2, -0.15) is 4.31 Å². The lowest BCUT2D eigenvalue weighted by Crippen LogP contribution is -2.44. The first-order chi connectivity index (χ1) is 13.6. The Morgan fingerprint density at radius 3 is 2.38 bits per heavy atom. The molecule has 1 saturated heterocycles. The molecule has 29 heavy (non-hydrogen) atoms. The molecule has 9 heteroatoms. The Bertz CT molecular complexity index is 846. The molecule has 1 aliphatic rings. The third-order valence-electron chi connectivity index (χ3n) is 5.22. The number of nitrogens with zero attached hydrogens (tertiary/aromatic N) is 2. The van der Waals surface area contributed by atoms with Gasteiger partial charge in [0.05, 0.1) is 5.56 Å². The number of carbonyl (C=O) groups is 2. The molecular formula is C20H29FN2O5S. The molecule has 1 aromatic carbocycles. The second kappa shape index (κ2) is 9.67. The van der Waals surface area contributed by atoms with E-state index in [0.29, 0.717) is 19.0 Å². The maximum Gasteiger partial charge on any atom is 0.338 e. The molecule has 0 spiro atoms. The summed E-state index contributed by atoms with van der Waals surface area (Å²) in [5, 5.41) is 0. The summed E-state index contributed by atoms with van der Waals surface area (Å²) in [6.07, 6.45) is 0.789. The van der Waals surface area contributed by atoms with Crippen LogP contribution in [-0.4, -0.2) is 61.8 Å². The first-order valence-corrected chi connectivity index (χ1v) is 11.3. The molecule has 0 N–H and O–H groups in total. The third-order valence-corrected chi connectivity index (χ3v) is 7.28. The molecule has 0 aliphatic carbocycles. The van der Waals surface area contributed by atoms with Crippen LogP contribution in [0.25, 0.3) is 0 Å². The topological polar surface area (TPSA) is 84.0 Å². The summed E-state index contributed by atoms with van der Waals surface area (Å²) in [7, 11) is -4.08. The first kappa shape index (κ1) is 23.3. The molecule has 1 fully saturated rings. The fourth-order valence-corrected chi connectivity index (χ4v) is 4.84. The highest BCUT2D eigenvalue weighted by molar-refractivity contribution is 7.89.